The number of amides is 1. The second-order valence-corrected chi connectivity index (χ2v) is 7.14. The number of likely N-dealkylation sites (N-methyl/N-ethyl adjacent to an activating group) is 1. The SMILES string of the molecule is CCN(CC(N)=O)S(=O)(=O)c1cc(Br)c(Cl)c(C(=O)O)c1. The number of carboxylic acids is 1. The molecule has 0 fully saturated rings. The summed E-state index contributed by atoms with van der Waals surface area (Å²) in [4.78, 5) is 21.7. The number of hydrogen-bond donors (Lipinski definition) is 2. The van der Waals surface area contributed by atoms with Crippen LogP contribution in [0.4, 0.5) is 0 Å². The van der Waals surface area contributed by atoms with Crippen molar-refractivity contribution in [3.8, 4) is 0 Å². The van der Waals surface area contributed by atoms with Crippen LogP contribution >= 0.6 is 27.5 Å². The third kappa shape index (κ3) is 3.94. The van der Waals surface area contributed by atoms with Crippen molar-refractivity contribution in [2.45, 2.75) is 11.8 Å². The van der Waals surface area contributed by atoms with E-state index < -0.39 is 28.4 Å². The van der Waals surface area contributed by atoms with Gasteiger partial charge in [-0.1, -0.05) is 18.5 Å². The second kappa shape index (κ2) is 6.73. The third-order valence-corrected chi connectivity index (χ3v) is 5.71. The van der Waals surface area contributed by atoms with Gasteiger partial charge in [0.15, 0.2) is 0 Å². The maximum Gasteiger partial charge on any atom is 0.337 e. The number of carbonyl (C=O) groups excluding carboxylic acids is 1. The molecule has 116 valence electrons. The molecule has 21 heavy (non-hydrogen) atoms. The lowest BCUT2D eigenvalue weighted by Crippen LogP contribution is -2.38. The van der Waals surface area contributed by atoms with E-state index in [1.807, 2.05) is 0 Å². The molecule has 1 aromatic carbocycles. The van der Waals surface area contributed by atoms with E-state index in [4.69, 9.17) is 22.4 Å². The van der Waals surface area contributed by atoms with Crippen LogP contribution in [0.15, 0.2) is 21.5 Å². The Hall–Kier alpha value is -1.16. The predicted octanol–water partition coefficient (Wildman–Crippen LogP) is 1.30. The highest BCUT2D eigenvalue weighted by molar-refractivity contribution is 9.10. The summed E-state index contributed by atoms with van der Waals surface area (Å²) in [6.07, 6.45) is 0. The molecule has 1 amide bonds. The van der Waals surface area contributed by atoms with Crippen LogP contribution in [0, 0.1) is 0 Å². The Balaban J connectivity index is 3.44. The number of sulfonamides is 1. The first kappa shape index (κ1) is 17.9. The summed E-state index contributed by atoms with van der Waals surface area (Å²) in [7, 11) is -4.06. The van der Waals surface area contributed by atoms with Gasteiger partial charge < -0.3 is 10.8 Å². The number of nitrogens with zero attached hydrogens (tertiary/aromatic N) is 1. The average molecular weight is 400 g/mol. The fourth-order valence-corrected chi connectivity index (χ4v) is 3.83. The van der Waals surface area contributed by atoms with E-state index in [0.717, 1.165) is 10.4 Å². The van der Waals surface area contributed by atoms with Gasteiger partial charge in [-0.3, -0.25) is 4.79 Å². The van der Waals surface area contributed by atoms with Crippen molar-refractivity contribution in [3.63, 3.8) is 0 Å². The van der Waals surface area contributed by atoms with Gasteiger partial charge >= 0.3 is 5.97 Å². The van der Waals surface area contributed by atoms with Crippen molar-refractivity contribution in [1.29, 1.82) is 0 Å². The molecule has 7 nitrogen and oxygen atoms in total. The Bertz CT molecular complexity index is 692. The summed E-state index contributed by atoms with van der Waals surface area (Å²) in [6, 6.07) is 2.11. The van der Waals surface area contributed by atoms with Crippen LogP contribution in [0.2, 0.25) is 5.02 Å². The van der Waals surface area contributed by atoms with E-state index in [1.165, 1.54) is 13.0 Å². The molecule has 0 saturated carbocycles. The number of nitrogens with two attached hydrogens (primary N) is 1. The van der Waals surface area contributed by atoms with Crippen LogP contribution in [0.25, 0.3) is 0 Å². The number of carboxylic acid groups (broad SMARTS) is 1. The lowest BCUT2D eigenvalue weighted by Gasteiger charge is -2.19. The molecule has 0 aliphatic carbocycles. The Morgan fingerprint density at radius 1 is 1.43 bits per heavy atom. The van der Waals surface area contributed by atoms with Crippen molar-refractivity contribution in [2.24, 2.45) is 5.73 Å². The number of benzene rings is 1. The molecule has 0 radical (unpaired) electrons. The molecule has 1 rings (SSSR count). The van der Waals surface area contributed by atoms with Crippen molar-refractivity contribution >= 4 is 49.4 Å². The van der Waals surface area contributed by atoms with Gasteiger partial charge in [0, 0.05) is 11.0 Å². The summed E-state index contributed by atoms with van der Waals surface area (Å²) in [5, 5.41) is 8.92. The fourth-order valence-electron chi connectivity index (χ4n) is 1.56. The van der Waals surface area contributed by atoms with Gasteiger partial charge in [-0.25, -0.2) is 13.2 Å². The summed E-state index contributed by atoms with van der Waals surface area (Å²) in [6.45, 7) is 1.04. The molecule has 0 unspecified atom stereocenters. The van der Waals surface area contributed by atoms with E-state index in [1.54, 1.807) is 0 Å². The van der Waals surface area contributed by atoms with Gasteiger partial charge in [0.05, 0.1) is 22.0 Å². The molecule has 0 bridgehead atoms. The summed E-state index contributed by atoms with van der Waals surface area (Å²) < 4.78 is 25.8. The molecule has 0 aliphatic rings. The zero-order valence-corrected chi connectivity index (χ0v) is 14.0. The fraction of sp³-hybridized carbons (Fsp3) is 0.273. The van der Waals surface area contributed by atoms with Crippen molar-refractivity contribution in [3.05, 3.63) is 27.2 Å². The van der Waals surface area contributed by atoms with Crippen LogP contribution < -0.4 is 5.73 Å². The molecule has 0 aromatic heterocycles. The molecule has 0 atom stereocenters. The standard InChI is InChI=1S/C11H12BrClN2O5S/c1-2-15(5-9(14)16)21(19,20)6-3-7(11(17)18)10(13)8(12)4-6/h3-4H,2,5H2,1H3,(H2,14,16)(H,17,18). The van der Waals surface area contributed by atoms with E-state index in [2.05, 4.69) is 15.9 Å². The maximum absolute atomic E-state index is 12.4. The minimum Gasteiger partial charge on any atom is -0.478 e. The first-order valence-corrected chi connectivity index (χ1v) is 8.23. The number of halogens is 2. The van der Waals surface area contributed by atoms with Gasteiger partial charge in [-0.2, -0.15) is 4.31 Å². The predicted molar refractivity (Wildman–Crippen MR) is 79.7 cm³/mol. The highest BCUT2D eigenvalue weighted by atomic mass is 79.9. The van der Waals surface area contributed by atoms with E-state index >= 15 is 0 Å². The minimum absolute atomic E-state index is 0.00786. The van der Waals surface area contributed by atoms with E-state index in [9.17, 15) is 18.0 Å². The second-order valence-electron chi connectivity index (χ2n) is 3.97. The zero-order valence-electron chi connectivity index (χ0n) is 10.8. The first-order chi connectivity index (χ1) is 9.61. The van der Waals surface area contributed by atoms with Crippen LogP contribution in [0.5, 0.6) is 0 Å². The first-order valence-electron chi connectivity index (χ1n) is 5.62. The van der Waals surface area contributed by atoms with Crippen LogP contribution in [0.1, 0.15) is 17.3 Å². The molecule has 0 saturated heterocycles. The van der Waals surface area contributed by atoms with Crippen LogP contribution in [-0.2, 0) is 14.8 Å². The monoisotopic (exact) mass is 398 g/mol. The maximum atomic E-state index is 12.4. The number of hydrogen-bond acceptors (Lipinski definition) is 4. The van der Waals surface area contributed by atoms with Gasteiger partial charge in [0.25, 0.3) is 0 Å². The zero-order chi connectivity index (χ0) is 16.4. The average Bonchev–Trinajstić information content (AvgIpc) is 2.37. The normalized spacial score (nSPS) is 11.6. The Labute approximate surface area is 134 Å². The molecular formula is C11H12BrClN2O5S. The topological polar surface area (TPSA) is 118 Å². The van der Waals surface area contributed by atoms with Crippen molar-refractivity contribution in [2.75, 3.05) is 13.1 Å². The molecule has 1 aromatic rings. The summed E-state index contributed by atoms with van der Waals surface area (Å²) >= 11 is 8.81. The number of rotatable bonds is 6. The number of primary amides is 1. The van der Waals surface area contributed by atoms with Gasteiger partial charge in [0.2, 0.25) is 15.9 Å². The largest absolute Gasteiger partial charge is 0.478 e. The van der Waals surface area contributed by atoms with Gasteiger partial charge in [-0.15, -0.1) is 0 Å². The third-order valence-electron chi connectivity index (χ3n) is 2.55. The number of aromatic carboxylic acids is 1. The van der Waals surface area contributed by atoms with Crippen LogP contribution in [0.3, 0.4) is 0 Å². The molecule has 0 heterocycles. The van der Waals surface area contributed by atoms with E-state index in [-0.39, 0.29) is 26.5 Å². The van der Waals surface area contributed by atoms with E-state index in [0.29, 0.717) is 0 Å². The van der Waals surface area contributed by atoms with Crippen LogP contribution in [-0.4, -0.2) is 42.8 Å². The Morgan fingerprint density at radius 3 is 2.43 bits per heavy atom. The molecule has 0 spiro atoms. The molecular weight excluding hydrogens is 388 g/mol. The van der Waals surface area contributed by atoms with Crippen molar-refractivity contribution < 1.29 is 23.1 Å². The smallest absolute Gasteiger partial charge is 0.337 e. The van der Waals surface area contributed by atoms with Gasteiger partial charge in [0.1, 0.15) is 0 Å². The highest BCUT2D eigenvalue weighted by Gasteiger charge is 2.27. The van der Waals surface area contributed by atoms with Crippen molar-refractivity contribution in [1.82, 2.24) is 4.31 Å². The number of carbonyl (C=O) groups is 2. The summed E-state index contributed by atoms with van der Waals surface area (Å²) in [5.41, 5.74) is 4.64. The molecule has 10 heteroatoms. The lowest BCUT2D eigenvalue weighted by atomic mass is 10.2. The molecule has 0 aliphatic heterocycles. The molecule has 3 N–H and O–H groups in total. The Morgan fingerprint density at radius 2 is 2.00 bits per heavy atom. The quantitative estimate of drug-likeness (QED) is 0.747. The lowest BCUT2D eigenvalue weighted by molar-refractivity contribution is -0.118. The highest BCUT2D eigenvalue weighted by Crippen LogP contribution is 2.31. The summed E-state index contributed by atoms with van der Waals surface area (Å²) in [5.74, 6) is -2.18. The Kier molecular flexibility index (Phi) is 5.74. The minimum atomic E-state index is -4.06. The van der Waals surface area contributed by atoms with Gasteiger partial charge in [-0.05, 0) is 28.1 Å².